The maximum atomic E-state index is 6.00. The Balaban J connectivity index is 1.84. The lowest BCUT2D eigenvalue weighted by Crippen LogP contribution is -2.15. The molecular formula is C13H16N2OS. The molecule has 0 radical (unpaired) electrons. The monoisotopic (exact) mass is 248 g/mol. The Labute approximate surface area is 105 Å². The normalized spacial score (nSPS) is 20.6. The molecule has 0 bridgehead atoms. The summed E-state index contributed by atoms with van der Waals surface area (Å²) in [7, 11) is 0. The van der Waals surface area contributed by atoms with E-state index in [1.54, 1.807) is 0 Å². The zero-order valence-corrected chi connectivity index (χ0v) is 10.5. The van der Waals surface area contributed by atoms with Crippen molar-refractivity contribution >= 4 is 11.3 Å². The fourth-order valence-corrected chi connectivity index (χ4v) is 3.26. The number of fused-ring (bicyclic) bond motifs is 1. The van der Waals surface area contributed by atoms with Crippen LogP contribution in [0, 0.1) is 0 Å². The number of aromatic nitrogens is 2. The molecule has 0 saturated carbocycles. The van der Waals surface area contributed by atoms with Crippen molar-refractivity contribution in [3.8, 4) is 0 Å². The molecular weight excluding hydrogens is 232 g/mol. The van der Waals surface area contributed by atoms with E-state index < -0.39 is 0 Å². The van der Waals surface area contributed by atoms with Gasteiger partial charge < -0.3 is 9.30 Å². The van der Waals surface area contributed by atoms with Crippen LogP contribution in [0.25, 0.3) is 0 Å². The van der Waals surface area contributed by atoms with E-state index in [0.717, 1.165) is 19.6 Å². The van der Waals surface area contributed by atoms with Gasteiger partial charge in [-0.25, -0.2) is 4.98 Å². The number of rotatable bonds is 2. The molecule has 0 spiro atoms. The molecule has 0 saturated heterocycles. The summed E-state index contributed by atoms with van der Waals surface area (Å²) in [6.45, 7) is 1.73. The maximum Gasteiger partial charge on any atom is 0.101 e. The lowest BCUT2D eigenvalue weighted by molar-refractivity contribution is 0.0352. The van der Waals surface area contributed by atoms with Crippen molar-refractivity contribution in [1.29, 1.82) is 0 Å². The van der Waals surface area contributed by atoms with Gasteiger partial charge in [0.25, 0.3) is 0 Å². The van der Waals surface area contributed by atoms with E-state index in [1.165, 1.54) is 23.3 Å². The average Bonchev–Trinajstić information content (AvgIpc) is 2.94. The molecule has 17 heavy (non-hydrogen) atoms. The standard InChI is InChI=1S/C13H16N2OS/c1-2-7-16-12(9-15-6-5-14-10-15)11-4-8-17-13(11)3-1/h4-6,8,10,12H,1-3,7,9H2. The maximum absolute atomic E-state index is 6.00. The van der Waals surface area contributed by atoms with E-state index in [9.17, 15) is 0 Å². The Kier molecular flexibility index (Phi) is 3.25. The van der Waals surface area contributed by atoms with Gasteiger partial charge in [0.1, 0.15) is 6.10 Å². The molecule has 1 aliphatic rings. The molecule has 3 rings (SSSR count). The van der Waals surface area contributed by atoms with E-state index in [1.807, 2.05) is 30.1 Å². The molecule has 1 unspecified atom stereocenters. The number of ether oxygens (including phenoxy) is 1. The van der Waals surface area contributed by atoms with Gasteiger partial charge in [-0.2, -0.15) is 0 Å². The van der Waals surface area contributed by atoms with Crippen LogP contribution >= 0.6 is 11.3 Å². The second kappa shape index (κ2) is 5.02. The third-order valence-electron chi connectivity index (χ3n) is 3.18. The highest BCUT2D eigenvalue weighted by atomic mass is 32.1. The lowest BCUT2D eigenvalue weighted by Gasteiger charge is -2.21. The predicted octanol–water partition coefficient (Wildman–Crippen LogP) is 3.04. The van der Waals surface area contributed by atoms with Crippen LogP contribution in [0.15, 0.2) is 30.2 Å². The zero-order valence-electron chi connectivity index (χ0n) is 9.71. The molecule has 1 aliphatic heterocycles. The fourth-order valence-electron chi connectivity index (χ4n) is 2.28. The molecule has 0 fully saturated rings. The highest BCUT2D eigenvalue weighted by Gasteiger charge is 2.19. The van der Waals surface area contributed by atoms with Gasteiger partial charge in [0, 0.05) is 23.9 Å². The SMILES string of the molecule is c1cn(CC2OCCCCc3sccc32)cn1. The Morgan fingerprint density at radius 2 is 2.47 bits per heavy atom. The summed E-state index contributed by atoms with van der Waals surface area (Å²) in [6, 6.07) is 2.22. The third kappa shape index (κ3) is 2.42. The van der Waals surface area contributed by atoms with Gasteiger partial charge in [-0.15, -0.1) is 11.3 Å². The van der Waals surface area contributed by atoms with Crippen molar-refractivity contribution in [2.45, 2.75) is 31.9 Å². The van der Waals surface area contributed by atoms with Gasteiger partial charge in [-0.1, -0.05) is 0 Å². The number of thiophene rings is 1. The van der Waals surface area contributed by atoms with Crippen LogP contribution in [0.1, 0.15) is 29.4 Å². The van der Waals surface area contributed by atoms with Crippen molar-refractivity contribution < 1.29 is 4.74 Å². The van der Waals surface area contributed by atoms with Crippen LogP contribution in [-0.2, 0) is 17.7 Å². The van der Waals surface area contributed by atoms with Gasteiger partial charge in [0.05, 0.1) is 12.9 Å². The van der Waals surface area contributed by atoms with E-state index in [0.29, 0.717) is 0 Å². The molecule has 90 valence electrons. The minimum Gasteiger partial charge on any atom is -0.372 e. The largest absolute Gasteiger partial charge is 0.372 e. The van der Waals surface area contributed by atoms with Crippen molar-refractivity contribution in [2.75, 3.05) is 6.61 Å². The van der Waals surface area contributed by atoms with Crippen molar-refractivity contribution in [1.82, 2.24) is 9.55 Å². The summed E-state index contributed by atoms with van der Waals surface area (Å²) in [5, 5.41) is 2.18. The Hall–Kier alpha value is -1.13. The summed E-state index contributed by atoms with van der Waals surface area (Å²) in [5.41, 5.74) is 1.38. The Morgan fingerprint density at radius 3 is 3.35 bits per heavy atom. The zero-order chi connectivity index (χ0) is 11.5. The van der Waals surface area contributed by atoms with Crippen molar-refractivity contribution in [3.05, 3.63) is 40.6 Å². The first kappa shape index (κ1) is 11.0. The summed E-state index contributed by atoms with van der Waals surface area (Å²) in [5.74, 6) is 0. The minimum absolute atomic E-state index is 0.186. The topological polar surface area (TPSA) is 27.1 Å². The van der Waals surface area contributed by atoms with Gasteiger partial charge in [0.2, 0.25) is 0 Å². The molecule has 0 N–H and O–H groups in total. The molecule has 4 heteroatoms. The van der Waals surface area contributed by atoms with E-state index >= 15 is 0 Å². The quantitative estimate of drug-likeness (QED) is 0.816. The molecule has 2 aromatic rings. The van der Waals surface area contributed by atoms with Crippen molar-refractivity contribution in [2.24, 2.45) is 0 Å². The molecule has 0 amide bonds. The van der Waals surface area contributed by atoms with E-state index in [4.69, 9.17) is 4.74 Å². The van der Waals surface area contributed by atoms with E-state index in [-0.39, 0.29) is 6.10 Å². The van der Waals surface area contributed by atoms with Crippen LogP contribution in [-0.4, -0.2) is 16.2 Å². The first-order valence-electron chi connectivity index (χ1n) is 6.07. The first-order valence-corrected chi connectivity index (χ1v) is 6.95. The summed E-state index contributed by atoms with van der Waals surface area (Å²) >= 11 is 1.86. The molecule has 0 aromatic carbocycles. The average molecular weight is 248 g/mol. The van der Waals surface area contributed by atoms with Gasteiger partial charge in [0.15, 0.2) is 0 Å². The van der Waals surface area contributed by atoms with Crippen LogP contribution in [0.5, 0.6) is 0 Å². The Morgan fingerprint density at radius 1 is 1.47 bits per heavy atom. The summed E-state index contributed by atoms with van der Waals surface area (Å²) in [6.07, 6.45) is 9.46. The minimum atomic E-state index is 0.186. The molecule has 2 aromatic heterocycles. The fraction of sp³-hybridized carbons (Fsp3) is 0.462. The second-order valence-electron chi connectivity index (χ2n) is 4.38. The number of hydrogen-bond donors (Lipinski definition) is 0. The van der Waals surface area contributed by atoms with E-state index in [2.05, 4.69) is 21.0 Å². The van der Waals surface area contributed by atoms with Crippen LogP contribution in [0.2, 0.25) is 0 Å². The van der Waals surface area contributed by atoms with Crippen LogP contribution in [0.3, 0.4) is 0 Å². The summed E-state index contributed by atoms with van der Waals surface area (Å²) < 4.78 is 8.09. The van der Waals surface area contributed by atoms with Crippen LogP contribution < -0.4 is 0 Å². The third-order valence-corrected chi connectivity index (χ3v) is 4.18. The molecule has 3 heterocycles. The van der Waals surface area contributed by atoms with Gasteiger partial charge in [-0.05, 0) is 36.3 Å². The predicted molar refractivity (Wildman–Crippen MR) is 68.2 cm³/mol. The molecule has 1 atom stereocenters. The highest BCUT2D eigenvalue weighted by Crippen LogP contribution is 2.30. The summed E-state index contributed by atoms with van der Waals surface area (Å²) in [4.78, 5) is 5.58. The number of imidazole rings is 1. The second-order valence-corrected chi connectivity index (χ2v) is 5.38. The highest BCUT2D eigenvalue weighted by molar-refractivity contribution is 7.10. The lowest BCUT2D eigenvalue weighted by atomic mass is 10.1. The number of aryl methyl sites for hydroxylation is 1. The van der Waals surface area contributed by atoms with Crippen molar-refractivity contribution in [3.63, 3.8) is 0 Å². The van der Waals surface area contributed by atoms with Gasteiger partial charge >= 0.3 is 0 Å². The molecule has 0 aliphatic carbocycles. The van der Waals surface area contributed by atoms with Crippen LogP contribution in [0.4, 0.5) is 0 Å². The van der Waals surface area contributed by atoms with Gasteiger partial charge in [-0.3, -0.25) is 0 Å². The Bertz CT molecular complexity index is 463. The number of hydrogen-bond acceptors (Lipinski definition) is 3. The number of nitrogens with zero attached hydrogens (tertiary/aromatic N) is 2. The molecule has 3 nitrogen and oxygen atoms in total. The smallest absolute Gasteiger partial charge is 0.101 e. The first-order chi connectivity index (χ1) is 8.43.